The van der Waals surface area contributed by atoms with Gasteiger partial charge in [0.25, 0.3) is 0 Å². The molecule has 3 rings (SSSR count). The van der Waals surface area contributed by atoms with Gasteiger partial charge in [-0.2, -0.15) is 0 Å². The Hall–Kier alpha value is -3.76. The Morgan fingerprint density at radius 1 is 0.594 bits per heavy atom. The average Bonchev–Trinajstić information content (AvgIpc) is 2.84. The molecule has 0 radical (unpaired) electrons. The standard InChI is InChI=1S/C28H28N2O2/c1-3-5-19-31-27-15-9-23(10-16-27)7-13-25-21-30-26(22-29-25)14-8-24-11-17-28(18-12-24)32-20-6-4-2/h9-12,15-18,21-22H,3-6,19-20H2,1-2H3. The van der Waals surface area contributed by atoms with Gasteiger partial charge in [0, 0.05) is 11.1 Å². The van der Waals surface area contributed by atoms with E-state index >= 15 is 0 Å². The molecule has 0 bridgehead atoms. The third kappa shape index (κ3) is 7.82. The van der Waals surface area contributed by atoms with Crippen LogP contribution in [-0.2, 0) is 0 Å². The normalized spacial score (nSPS) is 9.81. The van der Waals surface area contributed by atoms with Crippen LogP contribution in [0.2, 0.25) is 0 Å². The minimum absolute atomic E-state index is 0.604. The fourth-order valence-corrected chi connectivity index (χ4v) is 2.67. The number of benzene rings is 2. The number of rotatable bonds is 8. The molecular weight excluding hydrogens is 396 g/mol. The van der Waals surface area contributed by atoms with Crippen molar-refractivity contribution in [2.75, 3.05) is 13.2 Å². The lowest BCUT2D eigenvalue weighted by atomic mass is 10.2. The second-order valence-electron chi connectivity index (χ2n) is 7.24. The SMILES string of the molecule is CCCCOc1ccc(C#Cc2cnc(C#Cc3ccc(OCCCC)cc3)cn2)cc1. The zero-order chi connectivity index (χ0) is 22.4. The summed E-state index contributed by atoms with van der Waals surface area (Å²) in [6.07, 6.45) is 7.64. The smallest absolute Gasteiger partial charge is 0.131 e. The second-order valence-corrected chi connectivity index (χ2v) is 7.24. The van der Waals surface area contributed by atoms with Gasteiger partial charge < -0.3 is 9.47 Å². The van der Waals surface area contributed by atoms with Gasteiger partial charge in [0.2, 0.25) is 0 Å². The summed E-state index contributed by atoms with van der Waals surface area (Å²) in [4.78, 5) is 8.69. The number of ether oxygens (including phenoxy) is 2. The van der Waals surface area contributed by atoms with Crippen molar-refractivity contribution in [3.8, 4) is 35.2 Å². The predicted molar refractivity (Wildman–Crippen MR) is 128 cm³/mol. The van der Waals surface area contributed by atoms with E-state index in [1.54, 1.807) is 12.4 Å². The largest absolute Gasteiger partial charge is 0.494 e. The first-order valence-electron chi connectivity index (χ1n) is 11.1. The Morgan fingerprint density at radius 2 is 1.00 bits per heavy atom. The van der Waals surface area contributed by atoms with E-state index in [0.717, 1.165) is 61.5 Å². The highest BCUT2D eigenvalue weighted by molar-refractivity contribution is 5.44. The van der Waals surface area contributed by atoms with Crippen LogP contribution in [-0.4, -0.2) is 23.2 Å². The molecule has 0 amide bonds. The first kappa shape index (κ1) is 22.9. The first-order valence-corrected chi connectivity index (χ1v) is 11.1. The molecule has 0 fully saturated rings. The van der Waals surface area contributed by atoms with Gasteiger partial charge in [-0.1, -0.05) is 38.5 Å². The van der Waals surface area contributed by atoms with E-state index in [0.29, 0.717) is 11.4 Å². The van der Waals surface area contributed by atoms with Crippen LogP contribution < -0.4 is 9.47 Å². The maximum Gasteiger partial charge on any atom is 0.131 e. The molecule has 4 heteroatoms. The highest BCUT2D eigenvalue weighted by atomic mass is 16.5. The first-order chi connectivity index (χ1) is 15.8. The van der Waals surface area contributed by atoms with Crippen molar-refractivity contribution in [2.45, 2.75) is 39.5 Å². The van der Waals surface area contributed by atoms with Gasteiger partial charge >= 0.3 is 0 Å². The zero-order valence-electron chi connectivity index (χ0n) is 18.7. The van der Waals surface area contributed by atoms with Gasteiger partial charge in [0.05, 0.1) is 25.6 Å². The number of hydrogen-bond donors (Lipinski definition) is 0. The van der Waals surface area contributed by atoms with Crippen LogP contribution in [0.25, 0.3) is 0 Å². The summed E-state index contributed by atoms with van der Waals surface area (Å²) in [6.45, 7) is 5.78. The van der Waals surface area contributed by atoms with Crippen LogP contribution in [0.5, 0.6) is 11.5 Å². The maximum atomic E-state index is 5.67. The van der Waals surface area contributed by atoms with Crippen molar-refractivity contribution in [1.29, 1.82) is 0 Å². The van der Waals surface area contributed by atoms with Crippen LogP contribution in [0.3, 0.4) is 0 Å². The number of unbranched alkanes of at least 4 members (excludes halogenated alkanes) is 2. The van der Waals surface area contributed by atoms with Gasteiger partial charge in [-0.05, 0) is 73.2 Å². The van der Waals surface area contributed by atoms with Crippen LogP contribution >= 0.6 is 0 Å². The molecule has 0 saturated heterocycles. The molecule has 0 N–H and O–H groups in total. The molecule has 162 valence electrons. The summed E-state index contributed by atoms with van der Waals surface area (Å²) in [7, 11) is 0. The molecule has 4 nitrogen and oxygen atoms in total. The minimum atomic E-state index is 0.604. The predicted octanol–water partition coefficient (Wildman–Crippen LogP) is 5.63. The van der Waals surface area contributed by atoms with Gasteiger partial charge in [-0.25, -0.2) is 9.97 Å². The number of hydrogen-bond acceptors (Lipinski definition) is 4. The van der Waals surface area contributed by atoms with E-state index in [1.165, 1.54) is 0 Å². The quantitative estimate of drug-likeness (QED) is 0.347. The fourth-order valence-electron chi connectivity index (χ4n) is 2.67. The van der Waals surface area contributed by atoms with Crippen molar-refractivity contribution in [2.24, 2.45) is 0 Å². The van der Waals surface area contributed by atoms with E-state index in [4.69, 9.17) is 9.47 Å². The summed E-state index contributed by atoms with van der Waals surface area (Å²) in [5.74, 6) is 14.0. The summed E-state index contributed by atoms with van der Waals surface area (Å²) in [5.41, 5.74) is 3.01. The maximum absolute atomic E-state index is 5.67. The highest BCUT2D eigenvalue weighted by Gasteiger charge is 1.96. The van der Waals surface area contributed by atoms with Gasteiger partial charge in [-0.3, -0.25) is 0 Å². The molecule has 0 aliphatic heterocycles. The lowest BCUT2D eigenvalue weighted by Gasteiger charge is -2.04. The second kappa shape index (κ2) is 12.8. The van der Waals surface area contributed by atoms with Crippen LogP contribution in [0.4, 0.5) is 0 Å². The topological polar surface area (TPSA) is 44.2 Å². The fraction of sp³-hybridized carbons (Fsp3) is 0.286. The third-order valence-electron chi connectivity index (χ3n) is 4.56. The van der Waals surface area contributed by atoms with Crippen LogP contribution in [0.1, 0.15) is 62.0 Å². The minimum Gasteiger partial charge on any atom is -0.494 e. The Bertz CT molecular complexity index is 991. The molecule has 0 aliphatic carbocycles. The van der Waals surface area contributed by atoms with Gasteiger partial charge in [0.1, 0.15) is 22.9 Å². The summed E-state index contributed by atoms with van der Waals surface area (Å²) in [6, 6.07) is 15.5. The summed E-state index contributed by atoms with van der Waals surface area (Å²) >= 11 is 0. The van der Waals surface area contributed by atoms with E-state index in [1.807, 2.05) is 48.5 Å². The van der Waals surface area contributed by atoms with Crippen molar-refractivity contribution < 1.29 is 9.47 Å². The Kier molecular flexibility index (Phi) is 9.18. The van der Waals surface area contributed by atoms with Crippen molar-refractivity contribution in [3.63, 3.8) is 0 Å². The highest BCUT2D eigenvalue weighted by Crippen LogP contribution is 2.13. The molecule has 2 aromatic carbocycles. The van der Waals surface area contributed by atoms with E-state index in [2.05, 4.69) is 47.5 Å². The Labute approximate surface area is 191 Å². The van der Waals surface area contributed by atoms with Crippen molar-refractivity contribution in [3.05, 3.63) is 83.4 Å². The summed E-state index contributed by atoms with van der Waals surface area (Å²) in [5, 5.41) is 0. The Balaban J connectivity index is 1.55. The molecule has 1 aromatic heterocycles. The average molecular weight is 425 g/mol. The third-order valence-corrected chi connectivity index (χ3v) is 4.56. The van der Waals surface area contributed by atoms with E-state index < -0.39 is 0 Å². The van der Waals surface area contributed by atoms with Crippen molar-refractivity contribution in [1.82, 2.24) is 9.97 Å². The molecular formula is C28H28N2O2. The van der Waals surface area contributed by atoms with Gasteiger partial charge in [0.15, 0.2) is 0 Å². The van der Waals surface area contributed by atoms with Crippen molar-refractivity contribution >= 4 is 0 Å². The lowest BCUT2D eigenvalue weighted by molar-refractivity contribution is 0.309. The Morgan fingerprint density at radius 3 is 1.34 bits per heavy atom. The molecule has 32 heavy (non-hydrogen) atoms. The zero-order valence-corrected chi connectivity index (χ0v) is 18.7. The molecule has 0 atom stereocenters. The number of nitrogens with zero attached hydrogens (tertiary/aromatic N) is 2. The molecule has 0 spiro atoms. The van der Waals surface area contributed by atoms with E-state index in [9.17, 15) is 0 Å². The molecule has 3 aromatic rings. The summed E-state index contributed by atoms with van der Waals surface area (Å²) < 4.78 is 11.3. The van der Waals surface area contributed by atoms with E-state index in [-0.39, 0.29) is 0 Å². The molecule has 1 heterocycles. The van der Waals surface area contributed by atoms with Gasteiger partial charge in [-0.15, -0.1) is 0 Å². The number of aromatic nitrogens is 2. The molecule has 0 saturated carbocycles. The molecule has 0 aliphatic rings. The molecule has 0 unspecified atom stereocenters. The van der Waals surface area contributed by atoms with Crippen LogP contribution in [0, 0.1) is 23.7 Å². The van der Waals surface area contributed by atoms with Crippen LogP contribution in [0.15, 0.2) is 60.9 Å². The monoisotopic (exact) mass is 424 g/mol. The lowest BCUT2D eigenvalue weighted by Crippen LogP contribution is -1.96.